The van der Waals surface area contributed by atoms with E-state index in [-0.39, 0.29) is 36.2 Å². The Kier molecular flexibility index (Phi) is 6.51. The summed E-state index contributed by atoms with van der Waals surface area (Å²) >= 11 is 2.88. The summed E-state index contributed by atoms with van der Waals surface area (Å²) in [5.41, 5.74) is 5.30. The highest BCUT2D eigenvalue weighted by Gasteiger charge is 2.26. The number of thioether (sulfide) groups is 1. The number of thiophene rings is 1. The topological polar surface area (TPSA) is 103 Å². The van der Waals surface area contributed by atoms with Gasteiger partial charge in [0.15, 0.2) is 11.0 Å². The van der Waals surface area contributed by atoms with E-state index in [1.807, 2.05) is 40.8 Å². The van der Waals surface area contributed by atoms with Gasteiger partial charge in [-0.1, -0.05) is 17.8 Å². The third-order valence-corrected chi connectivity index (χ3v) is 5.95. The Hall–Kier alpha value is -1.91. The summed E-state index contributed by atoms with van der Waals surface area (Å²) in [6.45, 7) is 5.52. The highest BCUT2D eigenvalue weighted by Crippen LogP contribution is 2.28. The number of ether oxygens (including phenoxy) is 1. The molecule has 0 radical (unpaired) electrons. The van der Waals surface area contributed by atoms with Crippen molar-refractivity contribution in [3.63, 3.8) is 0 Å². The standard InChI is InChI=1S/C17H23N5O3S2/c1-11-8-21(9-12(2)25-11)15(24)10-27-17-20-19-16(13-4-3-7-26-13)22(17)6-5-14(18)23/h3-4,7,11-12H,5-6,8-10H2,1-2H3,(H2,18,23)/t11-,12-/m0/s1. The second-order valence-electron chi connectivity index (χ2n) is 6.50. The Morgan fingerprint density at radius 2 is 2.07 bits per heavy atom. The number of carbonyl (C=O) groups is 2. The third kappa shape index (κ3) is 5.08. The molecule has 1 aliphatic rings. The zero-order valence-electron chi connectivity index (χ0n) is 15.3. The van der Waals surface area contributed by atoms with E-state index in [0.717, 1.165) is 4.88 Å². The number of nitrogens with two attached hydrogens (primary N) is 1. The fraction of sp³-hybridized carbons (Fsp3) is 0.529. The van der Waals surface area contributed by atoms with Crippen LogP contribution >= 0.6 is 23.1 Å². The van der Waals surface area contributed by atoms with Gasteiger partial charge in [-0.05, 0) is 25.3 Å². The molecule has 2 amide bonds. The van der Waals surface area contributed by atoms with Gasteiger partial charge in [0.25, 0.3) is 0 Å². The first-order chi connectivity index (χ1) is 12.9. The molecule has 2 aromatic rings. The number of rotatable bonds is 7. The van der Waals surface area contributed by atoms with Crippen molar-refractivity contribution in [2.75, 3.05) is 18.8 Å². The Balaban J connectivity index is 1.70. The molecule has 2 aromatic heterocycles. The van der Waals surface area contributed by atoms with Gasteiger partial charge in [0.05, 0.1) is 22.8 Å². The molecule has 146 valence electrons. The van der Waals surface area contributed by atoms with Gasteiger partial charge in [0.1, 0.15) is 0 Å². The molecule has 1 saturated heterocycles. The van der Waals surface area contributed by atoms with E-state index in [4.69, 9.17) is 10.5 Å². The van der Waals surface area contributed by atoms with Gasteiger partial charge < -0.3 is 19.9 Å². The quantitative estimate of drug-likeness (QED) is 0.697. The molecule has 3 rings (SSSR count). The first-order valence-electron chi connectivity index (χ1n) is 8.75. The smallest absolute Gasteiger partial charge is 0.233 e. The Morgan fingerprint density at radius 3 is 2.70 bits per heavy atom. The van der Waals surface area contributed by atoms with E-state index in [1.54, 1.807) is 11.3 Å². The maximum Gasteiger partial charge on any atom is 0.233 e. The van der Waals surface area contributed by atoms with E-state index in [0.29, 0.717) is 30.6 Å². The Bertz CT molecular complexity index is 783. The molecule has 27 heavy (non-hydrogen) atoms. The van der Waals surface area contributed by atoms with Crippen LogP contribution in [0.4, 0.5) is 0 Å². The molecule has 3 heterocycles. The lowest BCUT2D eigenvalue weighted by molar-refractivity contribution is -0.140. The van der Waals surface area contributed by atoms with Crippen LogP contribution in [0.2, 0.25) is 0 Å². The van der Waals surface area contributed by atoms with Crippen molar-refractivity contribution in [2.45, 2.75) is 44.2 Å². The van der Waals surface area contributed by atoms with Crippen molar-refractivity contribution in [2.24, 2.45) is 5.73 Å². The maximum atomic E-state index is 12.6. The van der Waals surface area contributed by atoms with E-state index in [2.05, 4.69) is 10.2 Å². The van der Waals surface area contributed by atoms with Crippen molar-refractivity contribution in [3.8, 4) is 10.7 Å². The summed E-state index contributed by atoms with van der Waals surface area (Å²) < 4.78 is 7.54. The number of morpholine rings is 1. The number of aromatic nitrogens is 3. The number of nitrogens with zero attached hydrogens (tertiary/aromatic N) is 4. The summed E-state index contributed by atoms with van der Waals surface area (Å²) in [7, 11) is 0. The lowest BCUT2D eigenvalue weighted by atomic mass is 10.2. The first-order valence-corrected chi connectivity index (χ1v) is 10.6. The average Bonchev–Trinajstić information content (AvgIpc) is 3.26. The Labute approximate surface area is 166 Å². The molecule has 0 spiro atoms. The molecule has 0 saturated carbocycles. The van der Waals surface area contributed by atoms with Crippen LogP contribution < -0.4 is 5.73 Å². The molecule has 0 bridgehead atoms. The zero-order valence-corrected chi connectivity index (χ0v) is 17.0. The third-order valence-electron chi connectivity index (χ3n) is 4.14. The minimum atomic E-state index is -0.385. The van der Waals surface area contributed by atoms with E-state index >= 15 is 0 Å². The van der Waals surface area contributed by atoms with Gasteiger partial charge in [0, 0.05) is 26.1 Å². The maximum absolute atomic E-state index is 12.6. The van der Waals surface area contributed by atoms with Crippen LogP contribution in [-0.2, 0) is 20.9 Å². The van der Waals surface area contributed by atoms with Gasteiger partial charge in [-0.3, -0.25) is 9.59 Å². The van der Waals surface area contributed by atoms with Crippen molar-refractivity contribution in [1.82, 2.24) is 19.7 Å². The van der Waals surface area contributed by atoms with Crippen LogP contribution in [0.25, 0.3) is 10.7 Å². The fourth-order valence-corrected chi connectivity index (χ4v) is 4.59. The normalized spacial score (nSPS) is 20.0. The van der Waals surface area contributed by atoms with Crippen LogP contribution in [0, 0.1) is 0 Å². The molecule has 1 aliphatic heterocycles. The fourth-order valence-electron chi connectivity index (χ4n) is 3.01. The second kappa shape index (κ2) is 8.85. The number of hydrogen-bond acceptors (Lipinski definition) is 7. The predicted octanol–water partition coefficient (Wildman–Crippen LogP) is 1.61. The van der Waals surface area contributed by atoms with Crippen LogP contribution in [0.15, 0.2) is 22.7 Å². The number of carbonyl (C=O) groups excluding carboxylic acids is 2. The van der Waals surface area contributed by atoms with Gasteiger partial charge >= 0.3 is 0 Å². The molecule has 0 unspecified atom stereocenters. The van der Waals surface area contributed by atoms with Crippen molar-refractivity contribution in [1.29, 1.82) is 0 Å². The van der Waals surface area contributed by atoms with Gasteiger partial charge in [-0.25, -0.2) is 0 Å². The van der Waals surface area contributed by atoms with Crippen molar-refractivity contribution < 1.29 is 14.3 Å². The lowest BCUT2D eigenvalue weighted by Crippen LogP contribution is -2.48. The molecule has 2 N–H and O–H groups in total. The number of hydrogen-bond donors (Lipinski definition) is 1. The van der Waals surface area contributed by atoms with E-state index in [1.165, 1.54) is 11.8 Å². The van der Waals surface area contributed by atoms with Crippen molar-refractivity contribution in [3.05, 3.63) is 17.5 Å². The summed E-state index contributed by atoms with van der Waals surface area (Å²) in [6, 6.07) is 3.88. The summed E-state index contributed by atoms with van der Waals surface area (Å²) in [4.78, 5) is 26.6. The molecular weight excluding hydrogens is 386 g/mol. The SMILES string of the molecule is C[C@H]1CN(C(=O)CSc2nnc(-c3cccs3)n2CCC(N)=O)C[C@H](C)O1. The van der Waals surface area contributed by atoms with Crippen LogP contribution in [-0.4, -0.2) is 62.5 Å². The van der Waals surface area contributed by atoms with Crippen molar-refractivity contribution >= 4 is 34.9 Å². The summed E-state index contributed by atoms with van der Waals surface area (Å²) in [5.74, 6) is 0.613. The minimum absolute atomic E-state index is 0.0346. The van der Waals surface area contributed by atoms with Crippen LogP contribution in [0.3, 0.4) is 0 Å². The summed E-state index contributed by atoms with van der Waals surface area (Å²) in [6.07, 6.45) is 0.260. The predicted molar refractivity (Wildman–Crippen MR) is 104 cm³/mol. The summed E-state index contributed by atoms with van der Waals surface area (Å²) in [5, 5.41) is 11.1. The van der Waals surface area contributed by atoms with E-state index in [9.17, 15) is 9.59 Å². The minimum Gasteiger partial charge on any atom is -0.372 e. The lowest BCUT2D eigenvalue weighted by Gasteiger charge is -2.35. The largest absolute Gasteiger partial charge is 0.372 e. The molecule has 0 aliphatic carbocycles. The molecule has 10 heteroatoms. The highest BCUT2D eigenvalue weighted by molar-refractivity contribution is 7.99. The molecular formula is C17H23N5O3S2. The molecule has 0 aromatic carbocycles. The Morgan fingerprint density at radius 1 is 1.33 bits per heavy atom. The van der Waals surface area contributed by atoms with E-state index < -0.39 is 0 Å². The zero-order chi connectivity index (χ0) is 19.4. The molecule has 1 fully saturated rings. The highest BCUT2D eigenvalue weighted by atomic mass is 32.2. The number of primary amides is 1. The van der Waals surface area contributed by atoms with Crippen LogP contribution in [0.1, 0.15) is 20.3 Å². The monoisotopic (exact) mass is 409 g/mol. The molecule has 2 atom stereocenters. The average molecular weight is 410 g/mol. The first kappa shape index (κ1) is 19.8. The second-order valence-corrected chi connectivity index (χ2v) is 8.39. The van der Waals surface area contributed by atoms with Crippen LogP contribution in [0.5, 0.6) is 0 Å². The molecule has 8 nitrogen and oxygen atoms in total. The van der Waals surface area contributed by atoms with Gasteiger partial charge in [0.2, 0.25) is 11.8 Å². The van der Waals surface area contributed by atoms with Gasteiger partial charge in [-0.2, -0.15) is 0 Å². The number of amides is 2. The van der Waals surface area contributed by atoms with Gasteiger partial charge in [-0.15, -0.1) is 21.5 Å².